The lowest BCUT2D eigenvalue weighted by Crippen LogP contribution is -2.34. The highest BCUT2D eigenvalue weighted by Crippen LogP contribution is 2.27. The fourth-order valence-electron chi connectivity index (χ4n) is 2.90. The lowest BCUT2D eigenvalue weighted by atomic mass is 9.84. The predicted octanol–water partition coefficient (Wildman–Crippen LogP) is 4.52. The number of benzene rings is 1. The van der Waals surface area contributed by atoms with E-state index in [0.717, 1.165) is 22.7 Å². The predicted molar refractivity (Wildman–Crippen MR) is 83.6 cm³/mol. The molecule has 1 atom stereocenters. The molecule has 0 aromatic heterocycles. The molecular weight excluding hydrogens is 302 g/mol. The summed E-state index contributed by atoms with van der Waals surface area (Å²) >= 11 is 3.54. The van der Waals surface area contributed by atoms with E-state index in [4.69, 9.17) is 4.74 Å². The van der Waals surface area contributed by atoms with Gasteiger partial charge in [-0.3, -0.25) is 0 Å². The van der Waals surface area contributed by atoms with Crippen LogP contribution in [0.25, 0.3) is 0 Å². The number of ether oxygens (including phenoxy) is 1. The van der Waals surface area contributed by atoms with Gasteiger partial charge in [0.25, 0.3) is 0 Å². The van der Waals surface area contributed by atoms with Gasteiger partial charge in [0.1, 0.15) is 5.75 Å². The Balaban J connectivity index is 1.85. The summed E-state index contributed by atoms with van der Waals surface area (Å²) < 4.78 is 6.28. The van der Waals surface area contributed by atoms with Crippen molar-refractivity contribution in [3.8, 4) is 5.75 Å². The molecule has 0 heterocycles. The summed E-state index contributed by atoms with van der Waals surface area (Å²) in [6, 6.07) is 6.90. The molecule has 1 N–H and O–H groups in total. The molecule has 2 rings (SSSR count). The third kappa shape index (κ3) is 4.22. The normalized spacial score (nSPS) is 18.3. The van der Waals surface area contributed by atoms with Crippen molar-refractivity contribution in [2.24, 2.45) is 5.92 Å². The summed E-state index contributed by atoms with van der Waals surface area (Å²) in [6.07, 6.45) is 7.02. The van der Waals surface area contributed by atoms with Crippen LogP contribution >= 0.6 is 15.9 Å². The third-order valence-electron chi connectivity index (χ3n) is 4.20. The highest BCUT2D eigenvalue weighted by molar-refractivity contribution is 9.10. The molecule has 0 aliphatic heterocycles. The van der Waals surface area contributed by atoms with Gasteiger partial charge in [-0.25, -0.2) is 0 Å². The smallest absolute Gasteiger partial charge is 0.133 e. The first-order valence-electron chi connectivity index (χ1n) is 7.26. The molecule has 106 valence electrons. The van der Waals surface area contributed by atoms with Crippen LogP contribution in [0.1, 0.15) is 44.6 Å². The van der Waals surface area contributed by atoms with Gasteiger partial charge < -0.3 is 10.1 Å². The first-order valence-corrected chi connectivity index (χ1v) is 8.06. The molecule has 3 heteroatoms. The second-order valence-corrected chi connectivity index (χ2v) is 6.39. The topological polar surface area (TPSA) is 21.3 Å². The fourth-order valence-corrected chi connectivity index (χ4v) is 3.49. The Kier molecular flexibility index (Phi) is 5.71. The highest BCUT2D eigenvalue weighted by atomic mass is 79.9. The van der Waals surface area contributed by atoms with E-state index in [0.29, 0.717) is 6.04 Å². The van der Waals surface area contributed by atoms with E-state index < -0.39 is 0 Å². The average molecular weight is 326 g/mol. The van der Waals surface area contributed by atoms with E-state index in [2.05, 4.69) is 40.3 Å². The highest BCUT2D eigenvalue weighted by Gasteiger charge is 2.19. The van der Waals surface area contributed by atoms with Gasteiger partial charge in [-0.15, -0.1) is 0 Å². The third-order valence-corrected chi connectivity index (χ3v) is 4.82. The average Bonchev–Trinajstić information content (AvgIpc) is 2.46. The van der Waals surface area contributed by atoms with E-state index in [-0.39, 0.29) is 0 Å². The minimum atomic E-state index is 0.612. The Hall–Kier alpha value is -0.540. The van der Waals surface area contributed by atoms with Crippen molar-refractivity contribution in [3.05, 3.63) is 28.2 Å². The second kappa shape index (κ2) is 7.30. The number of hydrogen-bond acceptors (Lipinski definition) is 2. The van der Waals surface area contributed by atoms with Gasteiger partial charge >= 0.3 is 0 Å². The molecule has 1 aromatic rings. The van der Waals surface area contributed by atoms with Gasteiger partial charge in [-0.1, -0.05) is 25.3 Å². The zero-order valence-electron chi connectivity index (χ0n) is 11.9. The van der Waals surface area contributed by atoms with Gasteiger partial charge in [0.15, 0.2) is 0 Å². The summed E-state index contributed by atoms with van der Waals surface area (Å²) in [7, 11) is 1.70. The molecule has 1 aromatic carbocycles. The van der Waals surface area contributed by atoms with Crippen molar-refractivity contribution in [3.63, 3.8) is 0 Å². The number of rotatable bonds is 5. The maximum atomic E-state index is 5.25. The Morgan fingerprint density at radius 3 is 2.68 bits per heavy atom. The van der Waals surface area contributed by atoms with E-state index in [9.17, 15) is 0 Å². The maximum absolute atomic E-state index is 5.25. The number of nitrogens with one attached hydrogen (secondary N) is 1. The maximum Gasteiger partial charge on any atom is 0.133 e. The van der Waals surface area contributed by atoms with Crippen molar-refractivity contribution < 1.29 is 4.74 Å². The van der Waals surface area contributed by atoms with Crippen LogP contribution in [0.3, 0.4) is 0 Å². The van der Waals surface area contributed by atoms with Gasteiger partial charge in [-0.2, -0.15) is 0 Å². The minimum Gasteiger partial charge on any atom is -0.496 e. The van der Waals surface area contributed by atoms with Crippen molar-refractivity contribution in [2.75, 3.05) is 7.11 Å². The summed E-state index contributed by atoms with van der Waals surface area (Å²) in [4.78, 5) is 0. The fraction of sp³-hybridized carbons (Fsp3) is 0.625. The molecule has 0 amide bonds. The second-order valence-electron chi connectivity index (χ2n) is 5.54. The van der Waals surface area contributed by atoms with Crippen LogP contribution in [-0.2, 0) is 6.54 Å². The Labute approximate surface area is 125 Å². The summed E-state index contributed by atoms with van der Waals surface area (Å²) in [6.45, 7) is 3.26. The van der Waals surface area contributed by atoms with Gasteiger partial charge in [0.05, 0.1) is 11.6 Å². The summed E-state index contributed by atoms with van der Waals surface area (Å²) in [5.41, 5.74) is 1.30. The van der Waals surface area contributed by atoms with E-state index in [1.165, 1.54) is 37.7 Å². The summed E-state index contributed by atoms with van der Waals surface area (Å²) in [5.74, 6) is 1.75. The molecule has 1 aliphatic rings. The first-order chi connectivity index (χ1) is 9.20. The Morgan fingerprint density at radius 2 is 2.05 bits per heavy atom. The van der Waals surface area contributed by atoms with Crippen molar-refractivity contribution >= 4 is 15.9 Å². The molecule has 1 aliphatic carbocycles. The molecule has 1 saturated carbocycles. The van der Waals surface area contributed by atoms with E-state index in [1.807, 2.05) is 6.07 Å². The number of halogens is 1. The molecule has 2 nitrogen and oxygen atoms in total. The van der Waals surface area contributed by atoms with Crippen LogP contribution in [0, 0.1) is 5.92 Å². The number of hydrogen-bond donors (Lipinski definition) is 1. The molecule has 0 radical (unpaired) electrons. The van der Waals surface area contributed by atoms with Gasteiger partial charge in [0, 0.05) is 12.6 Å². The van der Waals surface area contributed by atoms with Crippen molar-refractivity contribution in [2.45, 2.75) is 51.6 Å². The molecular formula is C16H24BrNO. The summed E-state index contributed by atoms with van der Waals surface area (Å²) in [5, 5.41) is 3.67. The quantitative estimate of drug-likeness (QED) is 0.859. The lowest BCUT2D eigenvalue weighted by Gasteiger charge is -2.28. The molecule has 1 fully saturated rings. The van der Waals surface area contributed by atoms with Crippen molar-refractivity contribution in [1.29, 1.82) is 0 Å². The van der Waals surface area contributed by atoms with Crippen molar-refractivity contribution in [1.82, 2.24) is 5.32 Å². The van der Waals surface area contributed by atoms with Crippen LogP contribution < -0.4 is 10.1 Å². The standard InChI is InChI=1S/C16H24BrNO/c1-12(14-6-4-3-5-7-14)18-11-13-8-9-16(19-2)15(17)10-13/h8-10,12,14,18H,3-7,11H2,1-2H3/t12-/m1/s1. The van der Waals surface area contributed by atoms with E-state index >= 15 is 0 Å². The molecule has 0 saturated heterocycles. The van der Waals surface area contributed by atoms with Crippen LogP contribution in [0.4, 0.5) is 0 Å². The SMILES string of the molecule is COc1ccc(CN[C@H](C)C2CCCCC2)cc1Br. The van der Waals surface area contributed by atoms with Gasteiger partial charge in [-0.05, 0) is 59.3 Å². The van der Waals surface area contributed by atoms with Gasteiger partial charge in [0.2, 0.25) is 0 Å². The Bertz CT molecular complexity index is 402. The van der Waals surface area contributed by atoms with Crippen LogP contribution in [0.2, 0.25) is 0 Å². The lowest BCUT2D eigenvalue weighted by molar-refractivity contribution is 0.280. The van der Waals surface area contributed by atoms with Crippen LogP contribution in [0.15, 0.2) is 22.7 Å². The molecule has 0 spiro atoms. The zero-order valence-corrected chi connectivity index (χ0v) is 13.5. The minimum absolute atomic E-state index is 0.612. The Morgan fingerprint density at radius 1 is 1.32 bits per heavy atom. The monoisotopic (exact) mass is 325 g/mol. The molecule has 0 unspecified atom stereocenters. The first kappa shape index (κ1) is 14.9. The molecule has 19 heavy (non-hydrogen) atoms. The van der Waals surface area contributed by atoms with Crippen LogP contribution in [0.5, 0.6) is 5.75 Å². The zero-order chi connectivity index (χ0) is 13.7. The number of methoxy groups -OCH3 is 1. The largest absolute Gasteiger partial charge is 0.496 e. The molecule has 0 bridgehead atoms. The van der Waals surface area contributed by atoms with Crippen LogP contribution in [-0.4, -0.2) is 13.2 Å². The van der Waals surface area contributed by atoms with E-state index in [1.54, 1.807) is 7.11 Å².